The molecule has 0 bridgehead atoms. The smallest absolute Gasteiger partial charge is 0.228 e. The number of ether oxygens (including phenoxy) is 1. The predicted octanol–water partition coefficient (Wildman–Crippen LogP) is -0.338. The molecule has 32 heavy (non-hydrogen) atoms. The van der Waals surface area contributed by atoms with Crippen LogP contribution in [0.2, 0.25) is 0 Å². The van der Waals surface area contributed by atoms with Gasteiger partial charge in [-0.15, -0.1) is 10.2 Å². The molecule has 12 heteroatoms. The molecule has 0 unspecified atom stereocenters. The summed E-state index contributed by atoms with van der Waals surface area (Å²) in [6.07, 6.45) is 8.87. The summed E-state index contributed by atoms with van der Waals surface area (Å²) in [7, 11) is 6.02. The van der Waals surface area contributed by atoms with Gasteiger partial charge in [0.1, 0.15) is 35.5 Å². The number of nitrogens with one attached hydrogen (secondary N) is 2. The number of hydrogen-bond acceptors (Lipinski definition) is 7. The summed E-state index contributed by atoms with van der Waals surface area (Å²) in [4.78, 5) is 12.8. The van der Waals surface area contributed by atoms with Crippen LogP contribution < -0.4 is 10.1 Å². The number of aliphatic hydroxyl groups is 1. The van der Waals surface area contributed by atoms with Gasteiger partial charge in [0.25, 0.3) is 0 Å². The number of aromatic nitrogens is 6. The average molecular weight is 429 g/mol. The molecule has 3 N–H and O–H groups in total. The highest BCUT2D eigenvalue weighted by atomic mass is 16.5. The van der Waals surface area contributed by atoms with Crippen molar-refractivity contribution in [2.45, 2.75) is 49.5 Å². The summed E-state index contributed by atoms with van der Waals surface area (Å²) in [5.41, 5.74) is 2.86. The van der Waals surface area contributed by atoms with Crippen molar-refractivity contribution in [2.24, 2.45) is 0 Å². The highest BCUT2D eigenvalue weighted by Gasteiger charge is 2.29. The average Bonchev–Trinajstić information content (AvgIpc) is 3.34. The Bertz CT molecular complexity index is 1270. The van der Waals surface area contributed by atoms with E-state index in [1.165, 1.54) is 0 Å². The van der Waals surface area contributed by atoms with Crippen molar-refractivity contribution in [1.82, 2.24) is 29.5 Å². The summed E-state index contributed by atoms with van der Waals surface area (Å²) in [5.74, 6) is 1.07. The highest BCUT2D eigenvalue weighted by Crippen LogP contribution is 2.36. The Labute approximate surface area is 188 Å². The van der Waals surface area contributed by atoms with E-state index in [0.29, 0.717) is 17.5 Å². The van der Waals surface area contributed by atoms with Crippen molar-refractivity contribution in [2.75, 3.05) is 5.32 Å². The molecule has 0 radical (unpaired) electrons. The van der Waals surface area contributed by atoms with Crippen LogP contribution in [-0.4, -0.2) is 75.1 Å². The van der Waals surface area contributed by atoms with Crippen molar-refractivity contribution in [3.63, 3.8) is 0 Å². The first-order valence-corrected chi connectivity index (χ1v) is 11.0. The minimum absolute atomic E-state index is 0.223. The molecule has 0 amide bonds. The van der Waals surface area contributed by atoms with Crippen molar-refractivity contribution < 1.29 is 9.84 Å². The van der Waals surface area contributed by atoms with E-state index in [1.807, 2.05) is 59.4 Å². The molecule has 1 saturated carbocycles. The summed E-state index contributed by atoms with van der Waals surface area (Å²) in [6, 6.07) is 4.16. The van der Waals surface area contributed by atoms with Gasteiger partial charge in [0.15, 0.2) is 5.65 Å². The van der Waals surface area contributed by atoms with Crippen LogP contribution in [0.3, 0.4) is 0 Å². The second-order valence-corrected chi connectivity index (χ2v) is 9.92. The van der Waals surface area contributed by atoms with Crippen LogP contribution in [0.15, 0.2) is 30.9 Å². The van der Waals surface area contributed by atoms with E-state index in [-0.39, 0.29) is 6.04 Å². The molecule has 0 aliphatic heterocycles. The number of aromatic amines is 1. The van der Waals surface area contributed by atoms with Gasteiger partial charge in [-0.1, -0.05) is 0 Å². The van der Waals surface area contributed by atoms with Gasteiger partial charge in [-0.05, 0) is 44.7 Å². The van der Waals surface area contributed by atoms with Gasteiger partial charge in [0.2, 0.25) is 11.8 Å². The lowest BCUT2D eigenvalue weighted by atomic mass is 9.52. The number of anilines is 1. The predicted molar refractivity (Wildman–Crippen MR) is 131 cm³/mol. The summed E-state index contributed by atoms with van der Waals surface area (Å²) >= 11 is 0. The Morgan fingerprint density at radius 2 is 2.03 bits per heavy atom. The van der Waals surface area contributed by atoms with Crippen molar-refractivity contribution in [1.29, 1.82) is 0 Å². The molecule has 5 rings (SSSR count). The minimum Gasteiger partial charge on any atom is -0.498 e. The molecular formula is C20H26B3N7O2. The Morgan fingerprint density at radius 1 is 1.25 bits per heavy atom. The van der Waals surface area contributed by atoms with Gasteiger partial charge in [0.05, 0.1) is 11.0 Å². The third-order valence-corrected chi connectivity index (χ3v) is 5.90. The van der Waals surface area contributed by atoms with Crippen LogP contribution >= 0.6 is 0 Å². The van der Waals surface area contributed by atoms with E-state index in [0.717, 1.165) is 47.8 Å². The Hall–Kier alpha value is -3.01. The summed E-state index contributed by atoms with van der Waals surface area (Å²) < 4.78 is 8.17. The van der Waals surface area contributed by atoms with E-state index in [9.17, 15) is 5.11 Å². The molecule has 9 nitrogen and oxygen atoms in total. The van der Waals surface area contributed by atoms with Gasteiger partial charge in [0, 0.05) is 34.9 Å². The van der Waals surface area contributed by atoms with E-state index < -0.39 is 10.9 Å². The van der Waals surface area contributed by atoms with Crippen LogP contribution in [0, 0.1) is 0 Å². The standard InChI is InChI=1S/C20H26B3N7O2/c1-19(31)6-4-12(5-7-19)26-18-27-16-15(17(28-18)32-20(21,22)23)13(8-24-16)11-2-3-14-29-25-10-30(14)9-11/h2-3,8-10,12,31H,4-7,21-23H2,1H3,(H2,24,26,27,28)/t12-,19+. The fourth-order valence-electron chi connectivity index (χ4n) is 4.21. The largest absolute Gasteiger partial charge is 0.498 e. The van der Waals surface area contributed by atoms with E-state index in [4.69, 9.17) is 14.7 Å². The van der Waals surface area contributed by atoms with Crippen molar-refractivity contribution in [3.05, 3.63) is 30.9 Å². The zero-order valence-corrected chi connectivity index (χ0v) is 18.9. The first kappa shape index (κ1) is 20.9. The summed E-state index contributed by atoms with van der Waals surface area (Å²) in [6.45, 7) is 1.90. The first-order valence-electron chi connectivity index (χ1n) is 11.0. The SMILES string of the molecule is BC(B)(B)Oc1nc(N[C@H]2CC[C@@](C)(O)CC2)nc2[nH]cc(-c3ccc4nncn4c3)c12. The van der Waals surface area contributed by atoms with E-state index in [2.05, 4.69) is 20.5 Å². The number of rotatable bonds is 5. The fraction of sp³-hybridized carbons (Fsp3) is 0.400. The molecule has 1 aliphatic carbocycles. The van der Waals surface area contributed by atoms with Crippen molar-refractivity contribution >= 4 is 46.2 Å². The Kier molecular flexibility index (Phi) is 4.92. The minimum atomic E-state index is -0.580. The number of pyridine rings is 1. The molecule has 1 fully saturated rings. The van der Waals surface area contributed by atoms with Crippen LogP contribution in [-0.2, 0) is 0 Å². The van der Waals surface area contributed by atoms with Gasteiger partial charge in [-0.2, -0.15) is 9.97 Å². The number of nitrogens with zero attached hydrogens (tertiary/aromatic N) is 5. The maximum atomic E-state index is 10.2. The Balaban J connectivity index is 1.54. The molecule has 1 aliphatic rings. The van der Waals surface area contributed by atoms with Gasteiger partial charge >= 0.3 is 0 Å². The molecule has 0 spiro atoms. The molecule has 162 valence electrons. The number of H-pyrrole nitrogens is 1. The normalized spacial score (nSPS) is 21.8. The van der Waals surface area contributed by atoms with Crippen LogP contribution in [0.1, 0.15) is 32.6 Å². The lowest BCUT2D eigenvalue weighted by Crippen LogP contribution is -2.38. The van der Waals surface area contributed by atoms with Gasteiger partial charge < -0.3 is 20.1 Å². The van der Waals surface area contributed by atoms with Gasteiger partial charge in [-0.3, -0.25) is 4.40 Å². The van der Waals surface area contributed by atoms with Gasteiger partial charge in [-0.25, -0.2) is 0 Å². The highest BCUT2D eigenvalue weighted by molar-refractivity contribution is 6.58. The molecule has 4 heterocycles. The maximum Gasteiger partial charge on any atom is 0.228 e. The fourth-order valence-corrected chi connectivity index (χ4v) is 4.21. The van der Waals surface area contributed by atoms with E-state index in [1.54, 1.807) is 6.33 Å². The number of hydrogen-bond donors (Lipinski definition) is 3. The molecule has 4 aromatic rings. The lowest BCUT2D eigenvalue weighted by molar-refractivity contribution is 0.0195. The molecule has 0 atom stereocenters. The molecule has 4 aromatic heterocycles. The second-order valence-electron chi connectivity index (χ2n) is 9.92. The van der Waals surface area contributed by atoms with Crippen LogP contribution in [0.25, 0.3) is 27.8 Å². The quantitative estimate of drug-likeness (QED) is 0.373. The molecule has 0 saturated heterocycles. The lowest BCUT2D eigenvalue weighted by Gasteiger charge is -2.33. The topological polar surface area (TPSA) is 113 Å². The number of fused-ring (bicyclic) bond motifs is 2. The third kappa shape index (κ3) is 4.19. The van der Waals surface area contributed by atoms with Crippen LogP contribution in [0.5, 0.6) is 5.88 Å². The van der Waals surface area contributed by atoms with Crippen LogP contribution in [0.4, 0.5) is 5.95 Å². The zero-order valence-electron chi connectivity index (χ0n) is 18.9. The zero-order chi connectivity index (χ0) is 22.5. The Morgan fingerprint density at radius 3 is 2.78 bits per heavy atom. The molecule has 0 aromatic carbocycles. The third-order valence-electron chi connectivity index (χ3n) is 5.90. The van der Waals surface area contributed by atoms with Crippen molar-refractivity contribution in [3.8, 4) is 17.0 Å². The van der Waals surface area contributed by atoms with E-state index >= 15 is 0 Å². The monoisotopic (exact) mass is 429 g/mol. The molecular weight excluding hydrogens is 403 g/mol. The second kappa shape index (κ2) is 7.55. The first-order chi connectivity index (χ1) is 15.2. The summed E-state index contributed by atoms with van der Waals surface area (Å²) in [5, 5.41) is 22.1. The maximum absolute atomic E-state index is 10.2.